The number of rotatable bonds is 8. The van der Waals surface area contributed by atoms with Crippen molar-refractivity contribution in [1.29, 1.82) is 0 Å². The molecule has 0 atom stereocenters. The third-order valence-electron chi connectivity index (χ3n) is 5.44. The minimum atomic E-state index is -0.378. The number of carbonyl (C=O) groups is 2. The van der Waals surface area contributed by atoms with E-state index in [0.717, 1.165) is 23.4 Å². The van der Waals surface area contributed by atoms with E-state index in [4.69, 9.17) is 5.73 Å². The van der Waals surface area contributed by atoms with Crippen LogP contribution in [0.5, 0.6) is 0 Å². The van der Waals surface area contributed by atoms with Gasteiger partial charge in [-0.3, -0.25) is 14.5 Å². The van der Waals surface area contributed by atoms with Gasteiger partial charge in [-0.15, -0.1) is 0 Å². The molecule has 0 radical (unpaired) electrons. The standard InChI is InChI=1S/C23H32N8O2/c1-7-30-17-10-9-16(23(33)29(6)14-28(4)5)11-18(17)31(8-2)19(30)13-26-22(32)20-21(24)27-15(3)12-25-20/h9-12H,7-8,13-14H2,1-6H3,(H2-,24,26,27,32)/p+1. The Morgan fingerprint density at radius 1 is 1.21 bits per heavy atom. The molecule has 0 aliphatic carbocycles. The van der Waals surface area contributed by atoms with Crippen LogP contribution < -0.4 is 15.6 Å². The summed E-state index contributed by atoms with van der Waals surface area (Å²) in [5.41, 5.74) is 9.22. The maximum absolute atomic E-state index is 12.9. The first-order valence-corrected chi connectivity index (χ1v) is 11.0. The number of nitrogens with one attached hydrogen (secondary N) is 1. The lowest BCUT2D eigenvalue weighted by Gasteiger charge is -2.21. The maximum Gasteiger partial charge on any atom is 0.277 e. The number of aryl methyl sites for hydroxylation is 3. The van der Waals surface area contributed by atoms with Gasteiger partial charge in [0.2, 0.25) is 0 Å². The summed E-state index contributed by atoms with van der Waals surface area (Å²) in [5, 5.41) is 2.92. The Labute approximate surface area is 194 Å². The van der Waals surface area contributed by atoms with Crippen LogP contribution in [0.15, 0.2) is 24.4 Å². The van der Waals surface area contributed by atoms with Crippen molar-refractivity contribution in [3.63, 3.8) is 0 Å². The van der Waals surface area contributed by atoms with E-state index >= 15 is 0 Å². The number of amides is 2. The first kappa shape index (κ1) is 24.1. The highest BCUT2D eigenvalue weighted by molar-refractivity contribution is 5.97. The van der Waals surface area contributed by atoms with E-state index < -0.39 is 0 Å². The summed E-state index contributed by atoms with van der Waals surface area (Å²) in [6, 6.07) is 5.75. The van der Waals surface area contributed by atoms with E-state index in [-0.39, 0.29) is 29.9 Å². The van der Waals surface area contributed by atoms with Crippen molar-refractivity contribution in [1.82, 2.24) is 29.7 Å². The second-order valence-corrected chi connectivity index (χ2v) is 8.26. The first-order valence-electron chi connectivity index (χ1n) is 11.0. The predicted molar refractivity (Wildman–Crippen MR) is 126 cm³/mol. The Kier molecular flexibility index (Phi) is 7.27. The molecule has 0 aliphatic heterocycles. The molecule has 0 saturated heterocycles. The van der Waals surface area contributed by atoms with Crippen LogP contribution in [0.3, 0.4) is 0 Å². The molecule has 1 aromatic carbocycles. The lowest BCUT2D eigenvalue weighted by atomic mass is 10.1. The molecule has 2 amide bonds. The smallest absolute Gasteiger partial charge is 0.277 e. The molecule has 0 unspecified atom stereocenters. The Balaban J connectivity index is 1.94. The molecule has 0 bridgehead atoms. The molecule has 10 heteroatoms. The van der Waals surface area contributed by atoms with Crippen LogP contribution >= 0.6 is 0 Å². The number of fused-ring (bicyclic) bond motifs is 1. The van der Waals surface area contributed by atoms with Crippen LogP contribution in [0.25, 0.3) is 11.0 Å². The number of carbonyl (C=O) groups excluding carboxylic acids is 2. The van der Waals surface area contributed by atoms with Gasteiger partial charge in [0.15, 0.2) is 22.5 Å². The minimum absolute atomic E-state index is 0.0409. The van der Waals surface area contributed by atoms with Gasteiger partial charge >= 0.3 is 0 Å². The molecule has 0 spiro atoms. The molecule has 3 aromatic rings. The molecule has 2 aromatic heterocycles. The fourth-order valence-electron chi connectivity index (χ4n) is 4.04. The van der Waals surface area contributed by atoms with Crippen molar-refractivity contribution in [2.45, 2.75) is 40.4 Å². The first-order chi connectivity index (χ1) is 15.7. The van der Waals surface area contributed by atoms with Crippen molar-refractivity contribution in [2.24, 2.45) is 0 Å². The number of aromatic nitrogens is 4. The summed E-state index contributed by atoms with van der Waals surface area (Å²) >= 11 is 0. The zero-order valence-corrected chi connectivity index (χ0v) is 20.2. The molecule has 2 heterocycles. The fraction of sp³-hybridized carbons (Fsp3) is 0.435. The molecule has 0 fully saturated rings. The van der Waals surface area contributed by atoms with E-state index in [1.54, 1.807) is 18.9 Å². The van der Waals surface area contributed by atoms with E-state index in [9.17, 15) is 9.59 Å². The highest BCUT2D eigenvalue weighted by atomic mass is 16.2. The zero-order valence-electron chi connectivity index (χ0n) is 20.2. The molecular weight excluding hydrogens is 420 g/mol. The third kappa shape index (κ3) is 4.95. The predicted octanol–water partition coefficient (Wildman–Crippen LogP) is 1.17. The van der Waals surface area contributed by atoms with Crippen molar-refractivity contribution >= 4 is 28.7 Å². The maximum atomic E-state index is 12.9. The summed E-state index contributed by atoms with van der Waals surface area (Å²) in [6.07, 6.45) is 1.52. The number of anilines is 1. The highest BCUT2D eigenvalue weighted by Crippen LogP contribution is 2.19. The number of nitrogens with two attached hydrogens (primary N) is 1. The number of benzene rings is 1. The SMILES string of the molecule is CCn1c(CNC(=O)c2ncc(C)nc2N)[n+](CC)c2ccc(C(=O)N(C)CN(C)C)cc21. The van der Waals surface area contributed by atoms with E-state index in [0.29, 0.717) is 24.5 Å². The van der Waals surface area contributed by atoms with Gasteiger partial charge in [0.1, 0.15) is 6.54 Å². The molecule has 0 aliphatic rings. The van der Waals surface area contributed by atoms with Gasteiger partial charge in [0.05, 0.1) is 25.5 Å². The van der Waals surface area contributed by atoms with Gasteiger partial charge in [0, 0.05) is 24.9 Å². The Morgan fingerprint density at radius 2 is 1.94 bits per heavy atom. The quantitative estimate of drug-likeness (QED) is 0.391. The highest BCUT2D eigenvalue weighted by Gasteiger charge is 2.26. The number of hydrogen-bond acceptors (Lipinski definition) is 6. The van der Waals surface area contributed by atoms with E-state index in [1.165, 1.54) is 6.20 Å². The normalized spacial score (nSPS) is 11.2. The summed E-state index contributed by atoms with van der Waals surface area (Å²) in [6.45, 7) is 8.09. The molecule has 33 heavy (non-hydrogen) atoms. The van der Waals surface area contributed by atoms with Crippen LogP contribution in [0, 0.1) is 6.92 Å². The Bertz CT molecular complexity index is 1180. The van der Waals surface area contributed by atoms with Crippen molar-refractivity contribution < 1.29 is 14.2 Å². The molecular formula is C23H33N8O2+. The largest absolute Gasteiger partial charge is 0.382 e. The van der Waals surface area contributed by atoms with Crippen LogP contribution in [-0.4, -0.2) is 64.0 Å². The van der Waals surface area contributed by atoms with Gasteiger partial charge in [-0.25, -0.2) is 19.1 Å². The van der Waals surface area contributed by atoms with Gasteiger partial charge in [-0.2, -0.15) is 0 Å². The molecule has 10 nitrogen and oxygen atoms in total. The minimum Gasteiger partial charge on any atom is -0.382 e. The molecule has 0 saturated carbocycles. The summed E-state index contributed by atoms with van der Waals surface area (Å²) in [4.78, 5) is 37.5. The van der Waals surface area contributed by atoms with E-state index in [1.807, 2.05) is 44.1 Å². The monoisotopic (exact) mass is 453 g/mol. The zero-order chi connectivity index (χ0) is 24.3. The van der Waals surface area contributed by atoms with Gasteiger partial charge in [-0.1, -0.05) is 0 Å². The lowest BCUT2D eigenvalue weighted by molar-refractivity contribution is -0.676. The van der Waals surface area contributed by atoms with Crippen LogP contribution in [0.4, 0.5) is 5.82 Å². The van der Waals surface area contributed by atoms with Crippen LogP contribution in [0.1, 0.15) is 46.2 Å². The van der Waals surface area contributed by atoms with Gasteiger partial charge in [0.25, 0.3) is 17.6 Å². The van der Waals surface area contributed by atoms with Crippen molar-refractivity contribution in [3.05, 3.63) is 47.2 Å². The van der Waals surface area contributed by atoms with Crippen LogP contribution in [-0.2, 0) is 19.6 Å². The average Bonchev–Trinajstić information content (AvgIpc) is 3.07. The fourth-order valence-corrected chi connectivity index (χ4v) is 4.04. The summed E-state index contributed by atoms with van der Waals surface area (Å²) in [5.74, 6) is 0.614. The third-order valence-corrected chi connectivity index (χ3v) is 5.44. The van der Waals surface area contributed by atoms with Gasteiger partial charge < -0.3 is 16.0 Å². The number of hydrogen-bond donors (Lipinski definition) is 2. The van der Waals surface area contributed by atoms with Crippen LogP contribution in [0.2, 0.25) is 0 Å². The Hall–Kier alpha value is -3.53. The summed E-state index contributed by atoms with van der Waals surface area (Å²) < 4.78 is 4.26. The van der Waals surface area contributed by atoms with Crippen molar-refractivity contribution in [3.8, 4) is 0 Å². The molecule has 176 valence electrons. The topological polar surface area (TPSA) is 113 Å². The molecule has 3 N–H and O–H groups in total. The molecule has 3 rings (SSSR count). The summed E-state index contributed by atoms with van der Waals surface area (Å²) in [7, 11) is 5.64. The number of nitrogen functional groups attached to an aromatic ring is 1. The average molecular weight is 454 g/mol. The van der Waals surface area contributed by atoms with Gasteiger partial charge in [-0.05, 0) is 47.0 Å². The lowest BCUT2D eigenvalue weighted by Crippen LogP contribution is -2.40. The van der Waals surface area contributed by atoms with E-state index in [2.05, 4.69) is 31.3 Å². The number of nitrogens with zero attached hydrogens (tertiary/aromatic N) is 6. The number of imidazole rings is 1. The second kappa shape index (κ2) is 9.95. The van der Waals surface area contributed by atoms with Crippen molar-refractivity contribution in [2.75, 3.05) is 33.5 Å². The Morgan fingerprint density at radius 3 is 2.55 bits per heavy atom. The second-order valence-electron chi connectivity index (χ2n) is 8.26.